The fourth-order valence-electron chi connectivity index (χ4n) is 2.77. The van der Waals surface area contributed by atoms with E-state index in [9.17, 15) is 0 Å². The molecule has 1 saturated carbocycles. The Bertz CT molecular complexity index is 423. The van der Waals surface area contributed by atoms with Crippen molar-refractivity contribution in [2.45, 2.75) is 56.5 Å². The third-order valence-electron chi connectivity index (χ3n) is 3.72. The van der Waals surface area contributed by atoms with E-state index in [1.807, 2.05) is 0 Å². The SMILES string of the molecule is Cc1cc(C)c2c(c1)C(NC1CC1)CCCS2. The van der Waals surface area contributed by atoms with Gasteiger partial charge in [0.15, 0.2) is 0 Å². The Labute approximate surface area is 108 Å². The number of nitrogens with one attached hydrogen (secondary N) is 1. The summed E-state index contributed by atoms with van der Waals surface area (Å²) in [5, 5.41) is 3.83. The maximum absolute atomic E-state index is 3.83. The Kier molecular flexibility index (Phi) is 3.18. The second kappa shape index (κ2) is 4.66. The molecule has 0 radical (unpaired) electrons. The summed E-state index contributed by atoms with van der Waals surface area (Å²) in [5.74, 6) is 1.28. The molecule has 1 aromatic rings. The molecule has 17 heavy (non-hydrogen) atoms. The lowest BCUT2D eigenvalue weighted by Crippen LogP contribution is -2.23. The zero-order chi connectivity index (χ0) is 11.8. The summed E-state index contributed by atoms with van der Waals surface area (Å²) in [6.07, 6.45) is 5.40. The first kappa shape index (κ1) is 11.6. The Balaban J connectivity index is 1.97. The van der Waals surface area contributed by atoms with Gasteiger partial charge >= 0.3 is 0 Å². The molecule has 3 rings (SSSR count). The summed E-state index contributed by atoms with van der Waals surface area (Å²) < 4.78 is 0. The lowest BCUT2D eigenvalue weighted by Gasteiger charge is -2.20. The summed E-state index contributed by atoms with van der Waals surface area (Å²) in [6, 6.07) is 6.13. The zero-order valence-electron chi connectivity index (χ0n) is 10.8. The lowest BCUT2D eigenvalue weighted by atomic mass is 9.98. The topological polar surface area (TPSA) is 12.0 Å². The second-order valence-electron chi connectivity index (χ2n) is 5.48. The van der Waals surface area contributed by atoms with Gasteiger partial charge in [0, 0.05) is 17.0 Å². The lowest BCUT2D eigenvalue weighted by molar-refractivity contribution is 0.490. The van der Waals surface area contributed by atoms with Crippen LogP contribution in [0.2, 0.25) is 0 Å². The third kappa shape index (κ3) is 2.53. The van der Waals surface area contributed by atoms with Gasteiger partial charge in [0.1, 0.15) is 0 Å². The van der Waals surface area contributed by atoms with Crippen LogP contribution in [0.3, 0.4) is 0 Å². The van der Waals surface area contributed by atoms with Crippen LogP contribution in [0, 0.1) is 13.8 Å². The first-order valence-electron chi connectivity index (χ1n) is 6.74. The van der Waals surface area contributed by atoms with E-state index in [-0.39, 0.29) is 0 Å². The molecule has 2 heteroatoms. The predicted octanol–water partition coefficient (Wildman–Crippen LogP) is 3.98. The van der Waals surface area contributed by atoms with Crippen LogP contribution in [0.15, 0.2) is 17.0 Å². The average Bonchev–Trinajstić information content (AvgIpc) is 3.08. The van der Waals surface area contributed by atoms with Gasteiger partial charge in [-0.2, -0.15) is 0 Å². The van der Waals surface area contributed by atoms with Gasteiger partial charge in [-0.3, -0.25) is 0 Å². The average molecular weight is 247 g/mol. The zero-order valence-corrected chi connectivity index (χ0v) is 11.6. The Morgan fingerprint density at radius 3 is 2.76 bits per heavy atom. The first-order chi connectivity index (χ1) is 8.24. The number of rotatable bonds is 2. The van der Waals surface area contributed by atoms with E-state index in [1.54, 1.807) is 10.5 Å². The highest BCUT2D eigenvalue weighted by atomic mass is 32.2. The number of thioether (sulfide) groups is 1. The maximum Gasteiger partial charge on any atom is 0.0334 e. The molecule has 1 aromatic carbocycles. The van der Waals surface area contributed by atoms with Crippen LogP contribution in [-0.2, 0) is 0 Å². The third-order valence-corrected chi connectivity index (χ3v) is 5.06. The highest BCUT2D eigenvalue weighted by Gasteiger charge is 2.28. The predicted molar refractivity (Wildman–Crippen MR) is 74.8 cm³/mol. The fraction of sp³-hybridized carbons (Fsp3) is 0.600. The number of hydrogen-bond donors (Lipinski definition) is 1. The molecule has 1 nitrogen and oxygen atoms in total. The van der Waals surface area contributed by atoms with Gasteiger partial charge in [0.05, 0.1) is 0 Å². The Morgan fingerprint density at radius 1 is 1.18 bits per heavy atom. The molecule has 1 aliphatic heterocycles. The summed E-state index contributed by atoms with van der Waals surface area (Å²) in [6.45, 7) is 4.48. The van der Waals surface area contributed by atoms with Crippen LogP contribution >= 0.6 is 11.8 Å². The molecule has 0 spiro atoms. The molecule has 0 amide bonds. The van der Waals surface area contributed by atoms with Gasteiger partial charge < -0.3 is 5.32 Å². The van der Waals surface area contributed by atoms with Crippen molar-refractivity contribution in [3.05, 3.63) is 28.8 Å². The Hall–Kier alpha value is -0.470. The van der Waals surface area contributed by atoms with E-state index in [0.29, 0.717) is 6.04 Å². The molecule has 1 N–H and O–H groups in total. The van der Waals surface area contributed by atoms with Gasteiger partial charge in [0.2, 0.25) is 0 Å². The van der Waals surface area contributed by atoms with Gasteiger partial charge in [-0.25, -0.2) is 0 Å². The summed E-state index contributed by atoms with van der Waals surface area (Å²) in [7, 11) is 0. The molecule has 92 valence electrons. The van der Waals surface area contributed by atoms with E-state index in [4.69, 9.17) is 0 Å². The van der Waals surface area contributed by atoms with Crippen molar-refractivity contribution in [2.75, 3.05) is 5.75 Å². The summed E-state index contributed by atoms with van der Waals surface area (Å²) >= 11 is 2.06. The van der Waals surface area contributed by atoms with E-state index < -0.39 is 0 Å². The second-order valence-corrected chi connectivity index (χ2v) is 6.59. The largest absolute Gasteiger partial charge is 0.307 e. The van der Waals surface area contributed by atoms with Crippen molar-refractivity contribution in [1.82, 2.24) is 5.32 Å². The smallest absolute Gasteiger partial charge is 0.0334 e. The fourth-order valence-corrected chi connectivity index (χ4v) is 3.94. The minimum Gasteiger partial charge on any atom is -0.307 e. The molecule has 0 aromatic heterocycles. The van der Waals surface area contributed by atoms with Crippen molar-refractivity contribution >= 4 is 11.8 Å². The standard InChI is InChI=1S/C15H21NS/c1-10-8-11(2)15-13(9-10)14(4-3-7-17-15)16-12-5-6-12/h8-9,12,14,16H,3-7H2,1-2H3. The van der Waals surface area contributed by atoms with Crippen LogP contribution in [0.25, 0.3) is 0 Å². The van der Waals surface area contributed by atoms with Crippen molar-refractivity contribution in [3.8, 4) is 0 Å². The van der Waals surface area contributed by atoms with Gasteiger partial charge in [-0.15, -0.1) is 11.8 Å². The van der Waals surface area contributed by atoms with E-state index in [2.05, 4.69) is 43.1 Å². The number of fused-ring (bicyclic) bond motifs is 1. The molecule has 1 aliphatic carbocycles. The highest BCUT2D eigenvalue weighted by molar-refractivity contribution is 7.99. The molecule has 0 bridgehead atoms. The highest BCUT2D eigenvalue weighted by Crippen LogP contribution is 2.39. The quantitative estimate of drug-likeness (QED) is 0.848. The minimum atomic E-state index is 0.603. The van der Waals surface area contributed by atoms with Crippen LogP contribution in [0.4, 0.5) is 0 Å². The molecule has 1 atom stereocenters. The normalized spacial score (nSPS) is 24.2. The molecular formula is C15H21NS. The van der Waals surface area contributed by atoms with Gasteiger partial charge in [-0.1, -0.05) is 17.7 Å². The van der Waals surface area contributed by atoms with E-state index >= 15 is 0 Å². The van der Waals surface area contributed by atoms with Crippen molar-refractivity contribution in [2.24, 2.45) is 0 Å². The van der Waals surface area contributed by atoms with Gasteiger partial charge in [-0.05, 0) is 56.4 Å². The van der Waals surface area contributed by atoms with E-state index in [0.717, 1.165) is 6.04 Å². The maximum atomic E-state index is 3.83. The molecular weight excluding hydrogens is 226 g/mol. The Morgan fingerprint density at radius 2 is 2.00 bits per heavy atom. The van der Waals surface area contributed by atoms with Crippen molar-refractivity contribution < 1.29 is 0 Å². The van der Waals surface area contributed by atoms with Crippen LogP contribution < -0.4 is 5.32 Å². The van der Waals surface area contributed by atoms with Crippen LogP contribution in [0.1, 0.15) is 48.4 Å². The van der Waals surface area contributed by atoms with Crippen LogP contribution in [-0.4, -0.2) is 11.8 Å². The monoisotopic (exact) mass is 247 g/mol. The first-order valence-corrected chi connectivity index (χ1v) is 7.72. The molecule has 1 fully saturated rings. The van der Waals surface area contributed by atoms with E-state index in [1.165, 1.54) is 42.6 Å². The number of aryl methyl sites for hydroxylation is 2. The molecule has 2 aliphatic rings. The van der Waals surface area contributed by atoms with Gasteiger partial charge in [0.25, 0.3) is 0 Å². The number of benzene rings is 1. The van der Waals surface area contributed by atoms with Crippen LogP contribution in [0.5, 0.6) is 0 Å². The summed E-state index contributed by atoms with van der Waals surface area (Å²) in [4.78, 5) is 1.55. The molecule has 1 unspecified atom stereocenters. The number of hydrogen-bond acceptors (Lipinski definition) is 2. The molecule has 1 heterocycles. The minimum absolute atomic E-state index is 0.603. The van der Waals surface area contributed by atoms with Crippen molar-refractivity contribution in [3.63, 3.8) is 0 Å². The molecule has 0 saturated heterocycles. The van der Waals surface area contributed by atoms with Crippen molar-refractivity contribution in [1.29, 1.82) is 0 Å². The summed E-state index contributed by atoms with van der Waals surface area (Å²) in [5.41, 5.74) is 4.44.